The Morgan fingerprint density at radius 2 is 1.67 bits per heavy atom. The lowest BCUT2D eigenvalue weighted by molar-refractivity contribution is -0.114. The molecule has 5 unspecified atom stereocenters. The second-order valence-corrected chi connectivity index (χ2v) is 14.3. The molecule has 4 nitrogen and oxygen atoms in total. The van der Waals surface area contributed by atoms with E-state index in [2.05, 4.69) is 30.7 Å². The number of aliphatic hydroxyl groups excluding tert-OH is 1. The summed E-state index contributed by atoms with van der Waals surface area (Å²) in [5.74, 6) is 8.40. The predicted molar refractivity (Wildman–Crippen MR) is 156 cm³/mol. The van der Waals surface area contributed by atoms with Crippen LogP contribution in [-0.4, -0.2) is 52.2 Å². The number of carbonyl (C=O) groups excluding carboxylic acids is 1. The first-order valence-corrected chi connectivity index (χ1v) is 16.4. The van der Waals surface area contributed by atoms with E-state index in [0.29, 0.717) is 48.3 Å². The van der Waals surface area contributed by atoms with E-state index in [4.69, 9.17) is 0 Å². The van der Waals surface area contributed by atoms with E-state index in [1.807, 2.05) is 6.08 Å². The molecule has 0 aromatic carbocycles. The van der Waals surface area contributed by atoms with Gasteiger partial charge in [-0.1, -0.05) is 43.6 Å². The van der Waals surface area contributed by atoms with Crippen LogP contribution in [0.4, 0.5) is 0 Å². The molecule has 0 saturated heterocycles. The van der Waals surface area contributed by atoms with Crippen molar-refractivity contribution in [2.24, 2.45) is 29.1 Å². The van der Waals surface area contributed by atoms with Crippen molar-refractivity contribution in [1.82, 2.24) is 4.90 Å². The normalized spacial score (nSPS) is 41.2. The van der Waals surface area contributed by atoms with Gasteiger partial charge in [-0.15, -0.1) is 0 Å². The number of fused-ring (bicyclic) bond motifs is 4. The first kappa shape index (κ1) is 27.7. The van der Waals surface area contributed by atoms with Gasteiger partial charge in [0.05, 0.1) is 0 Å². The quantitative estimate of drug-likeness (QED) is 0.415. The molecule has 5 atom stereocenters. The van der Waals surface area contributed by atoms with Gasteiger partial charge >= 0.3 is 0 Å². The number of nitrogens with zero attached hydrogens (tertiary/aromatic N) is 1. The monoisotopic (exact) mass is 533 g/mol. The lowest BCUT2D eigenvalue weighted by atomic mass is 9.51. The largest absolute Gasteiger partial charge is 0.384 e. The fourth-order valence-electron chi connectivity index (χ4n) is 10.4. The molecule has 0 radical (unpaired) electrons. The summed E-state index contributed by atoms with van der Waals surface area (Å²) in [4.78, 5) is 15.2. The predicted octanol–water partition coefficient (Wildman–Crippen LogP) is 6.36. The lowest BCUT2D eigenvalue weighted by Crippen LogP contribution is -2.52. The molecule has 6 aliphatic carbocycles. The van der Waals surface area contributed by atoms with E-state index in [0.717, 1.165) is 38.1 Å². The van der Waals surface area contributed by atoms with Crippen molar-refractivity contribution in [1.29, 1.82) is 0 Å². The topological polar surface area (TPSA) is 60.8 Å². The van der Waals surface area contributed by atoms with Crippen LogP contribution in [0.1, 0.15) is 116 Å². The van der Waals surface area contributed by atoms with Crippen molar-refractivity contribution >= 4 is 5.78 Å². The van der Waals surface area contributed by atoms with Crippen LogP contribution in [0.25, 0.3) is 0 Å². The van der Waals surface area contributed by atoms with Crippen LogP contribution < -0.4 is 0 Å². The van der Waals surface area contributed by atoms with E-state index >= 15 is 0 Å². The highest BCUT2D eigenvalue weighted by atomic mass is 16.3. The molecule has 6 rings (SSSR count). The molecule has 6 aliphatic rings. The Labute approximate surface area is 236 Å². The van der Waals surface area contributed by atoms with Gasteiger partial charge in [0.1, 0.15) is 12.2 Å². The molecule has 4 heteroatoms. The number of ketones is 1. The number of allylic oxidation sites excluding steroid dienone is 4. The molecule has 39 heavy (non-hydrogen) atoms. The zero-order valence-electron chi connectivity index (χ0n) is 24.5. The molecular formula is C35H51NO3. The number of rotatable bonds is 3. The number of carbonyl (C=O) groups is 1. The van der Waals surface area contributed by atoms with Crippen molar-refractivity contribution in [2.45, 2.75) is 134 Å². The van der Waals surface area contributed by atoms with Gasteiger partial charge in [-0.3, -0.25) is 4.79 Å². The minimum Gasteiger partial charge on any atom is -0.384 e. The minimum atomic E-state index is -1.01. The molecule has 4 saturated carbocycles. The third-order valence-corrected chi connectivity index (χ3v) is 12.6. The summed E-state index contributed by atoms with van der Waals surface area (Å²) in [5, 5.41) is 21.5. The van der Waals surface area contributed by atoms with Crippen LogP contribution in [0.5, 0.6) is 0 Å². The second kappa shape index (κ2) is 11.1. The Morgan fingerprint density at radius 1 is 0.923 bits per heavy atom. The maximum Gasteiger partial charge on any atom is 0.156 e. The van der Waals surface area contributed by atoms with Crippen LogP contribution in [0.3, 0.4) is 0 Å². The third-order valence-electron chi connectivity index (χ3n) is 12.6. The summed E-state index contributed by atoms with van der Waals surface area (Å²) in [6.07, 6.45) is 21.7. The first-order valence-electron chi connectivity index (χ1n) is 16.4. The number of hydrogen-bond acceptors (Lipinski definition) is 4. The van der Waals surface area contributed by atoms with Crippen molar-refractivity contribution in [3.8, 4) is 11.8 Å². The molecule has 2 N–H and O–H groups in total. The third kappa shape index (κ3) is 4.89. The van der Waals surface area contributed by atoms with E-state index in [1.54, 1.807) is 11.1 Å². The average Bonchev–Trinajstić information content (AvgIpc) is 3.09. The smallest absolute Gasteiger partial charge is 0.156 e. The van der Waals surface area contributed by atoms with E-state index in [-0.39, 0.29) is 12.0 Å². The van der Waals surface area contributed by atoms with E-state index in [9.17, 15) is 15.0 Å². The maximum absolute atomic E-state index is 12.5. The number of hydrogen-bond donors (Lipinski definition) is 2. The Balaban J connectivity index is 1.32. The zero-order chi connectivity index (χ0) is 27.2. The van der Waals surface area contributed by atoms with Crippen molar-refractivity contribution in [2.75, 3.05) is 13.7 Å². The van der Waals surface area contributed by atoms with Gasteiger partial charge in [-0.2, -0.15) is 0 Å². The van der Waals surface area contributed by atoms with Gasteiger partial charge in [0.25, 0.3) is 0 Å². The van der Waals surface area contributed by atoms with Crippen LogP contribution >= 0.6 is 0 Å². The molecule has 214 valence electrons. The standard InChI is InChI=1S/C35H51NO3/c1-34-23-31(24-12-14-27(15-13-24)36(2)26-9-4-3-5-10-26)33-29-17-16-28(38)22-25(29)8-6-11-30(33)32(34)18-20-35(34,39)19-7-21-37/h22,24,26-27,30-32,37,39H,3-6,8-18,20-21,23H2,1-2H3. The summed E-state index contributed by atoms with van der Waals surface area (Å²) < 4.78 is 0. The van der Waals surface area contributed by atoms with Crippen molar-refractivity contribution in [3.63, 3.8) is 0 Å². The van der Waals surface area contributed by atoms with Gasteiger partial charge in [0, 0.05) is 23.9 Å². The fraction of sp³-hybridized carbons (Fsp3) is 0.800. The summed E-state index contributed by atoms with van der Waals surface area (Å²) in [6.45, 7) is 2.14. The first-order chi connectivity index (χ1) is 18.8. The highest BCUT2D eigenvalue weighted by Crippen LogP contribution is 2.66. The molecule has 0 heterocycles. The molecule has 4 fully saturated rings. The Kier molecular flexibility index (Phi) is 7.90. The molecule has 0 aromatic heterocycles. The molecule has 0 aromatic rings. The van der Waals surface area contributed by atoms with E-state index in [1.165, 1.54) is 69.8 Å². The Morgan fingerprint density at radius 3 is 2.41 bits per heavy atom. The average molecular weight is 534 g/mol. The maximum atomic E-state index is 12.5. The van der Waals surface area contributed by atoms with Gasteiger partial charge in [0.15, 0.2) is 5.78 Å². The highest BCUT2D eigenvalue weighted by molar-refractivity contribution is 5.93. The van der Waals surface area contributed by atoms with Gasteiger partial charge < -0.3 is 15.1 Å². The van der Waals surface area contributed by atoms with Crippen molar-refractivity contribution in [3.05, 3.63) is 22.8 Å². The van der Waals surface area contributed by atoms with Gasteiger partial charge in [-0.25, -0.2) is 0 Å². The lowest BCUT2D eigenvalue weighted by Gasteiger charge is -2.54. The Bertz CT molecular complexity index is 1070. The van der Waals surface area contributed by atoms with Crippen LogP contribution in [0.15, 0.2) is 22.8 Å². The van der Waals surface area contributed by atoms with E-state index < -0.39 is 5.60 Å². The summed E-state index contributed by atoms with van der Waals surface area (Å²) in [7, 11) is 2.40. The molecule has 0 aliphatic heterocycles. The number of aliphatic hydroxyl groups is 2. The zero-order valence-corrected chi connectivity index (χ0v) is 24.5. The van der Waals surface area contributed by atoms with Crippen LogP contribution in [0.2, 0.25) is 0 Å². The highest BCUT2D eigenvalue weighted by Gasteiger charge is 2.62. The molecule has 0 bridgehead atoms. The summed E-state index contributed by atoms with van der Waals surface area (Å²) >= 11 is 0. The minimum absolute atomic E-state index is 0.189. The van der Waals surface area contributed by atoms with Gasteiger partial charge in [-0.05, 0) is 131 Å². The molecular weight excluding hydrogens is 482 g/mol. The summed E-state index contributed by atoms with van der Waals surface area (Å²) in [5.41, 5.74) is 3.33. The molecule has 0 amide bonds. The fourth-order valence-corrected chi connectivity index (χ4v) is 10.4. The van der Waals surface area contributed by atoms with Crippen LogP contribution in [0, 0.1) is 40.9 Å². The van der Waals surface area contributed by atoms with Gasteiger partial charge in [0.2, 0.25) is 0 Å². The summed E-state index contributed by atoms with van der Waals surface area (Å²) in [6, 6.07) is 1.48. The van der Waals surface area contributed by atoms with Crippen LogP contribution in [-0.2, 0) is 4.79 Å². The SMILES string of the molecule is CN(C1CCCCC1)C1CCC(C2CC3(C)C(CCC3(O)C#CCO)C3CCCC4=CC(=O)CCC4=C23)CC1. The Hall–Kier alpha value is -1.41. The second-order valence-electron chi connectivity index (χ2n) is 14.3. The molecule has 0 spiro atoms. The van der Waals surface area contributed by atoms with Crippen molar-refractivity contribution < 1.29 is 15.0 Å².